The van der Waals surface area contributed by atoms with Crippen molar-refractivity contribution in [1.82, 2.24) is 0 Å². The Kier molecular flexibility index (Phi) is 6.49. The first-order chi connectivity index (χ1) is 15.9. The molecule has 33 heavy (non-hydrogen) atoms. The Bertz CT molecular complexity index is 1200. The van der Waals surface area contributed by atoms with Gasteiger partial charge >= 0.3 is 11.9 Å². The Hall–Kier alpha value is -4.00. The van der Waals surface area contributed by atoms with Crippen LogP contribution in [0.5, 0.6) is 17.2 Å². The highest BCUT2D eigenvalue weighted by Crippen LogP contribution is 2.44. The summed E-state index contributed by atoms with van der Waals surface area (Å²) in [6, 6.07) is 16.2. The van der Waals surface area contributed by atoms with Crippen LogP contribution >= 0.6 is 0 Å². The van der Waals surface area contributed by atoms with Crippen LogP contribution in [-0.4, -0.2) is 28.8 Å². The van der Waals surface area contributed by atoms with Crippen LogP contribution < -0.4 is 14.8 Å². The van der Waals surface area contributed by atoms with Crippen LogP contribution in [0.2, 0.25) is 0 Å². The summed E-state index contributed by atoms with van der Waals surface area (Å²) >= 11 is 0. The molecule has 0 atom stereocenters. The summed E-state index contributed by atoms with van der Waals surface area (Å²) in [5, 5.41) is 21.9. The number of carbonyl (C=O) groups is 2. The first kappa shape index (κ1) is 22.2. The topological polar surface area (TPSA) is 105 Å². The molecule has 7 heteroatoms. The molecule has 1 heterocycles. The summed E-state index contributed by atoms with van der Waals surface area (Å²) in [4.78, 5) is 23.0. The number of hydrogen-bond acceptors (Lipinski definition) is 5. The van der Waals surface area contributed by atoms with E-state index >= 15 is 0 Å². The summed E-state index contributed by atoms with van der Waals surface area (Å²) in [6.45, 7) is 2.84. The fourth-order valence-corrected chi connectivity index (χ4v) is 3.70. The van der Waals surface area contributed by atoms with Crippen LogP contribution in [0.3, 0.4) is 0 Å². The largest absolute Gasteiger partial charge is 0.494 e. The molecule has 4 rings (SSSR count). The quantitative estimate of drug-likeness (QED) is 0.275. The Morgan fingerprint density at radius 2 is 1.73 bits per heavy atom. The Morgan fingerprint density at radius 1 is 0.939 bits per heavy atom. The normalized spacial score (nSPS) is 11.5. The number of aryl methyl sites for hydroxylation is 2. The van der Waals surface area contributed by atoms with Gasteiger partial charge in [0, 0.05) is 0 Å². The third-order valence-electron chi connectivity index (χ3n) is 5.47. The molecule has 170 valence electrons. The van der Waals surface area contributed by atoms with Gasteiger partial charge in [0.2, 0.25) is 0 Å². The average molecular weight is 447 g/mol. The van der Waals surface area contributed by atoms with Crippen molar-refractivity contribution in [1.29, 1.82) is 0 Å². The van der Waals surface area contributed by atoms with Crippen LogP contribution in [0.4, 0.5) is 11.4 Å². The molecular formula is C26H25NO6. The number of rotatable bonds is 9. The summed E-state index contributed by atoms with van der Waals surface area (Å²) in [5.74, 6) is -0.889. The van der Waals surface area contributed by atoms with Gasteiger partial charge in [-0.3, -0.25) is 0 Å². The van der Waals surface area contributed by atoms with Crippen molar-refractivity contribution in [2.24, 2.45) is 0 Å². The number of nitrogens with one attached hydrogen (secondary N) is 1. The van der Waals surface area contributed by atoms with E-state index in [1.807, 2.05) is 24.3 Å². The van der Waals surface area contributed by atoms with E-state index in [9.17, 15) is 19.8 Å². The van der Waals surface area contributed by atoms with Crippen molar-refractivity contribution >= 4 is 23.3 Å². The SMILES string of the molecule is CCCCOc1cccc(CCc2ccc3c(c2)Nc2c(cc(C(=O)O)cc2C(=O)O)O3)c1. The molecule has 0 aromatic heterocycles. The number of benzene rings is 3. The van der Waals surface area contributed by atoms with E-state index < -0.39 is 11.9 Å². The van der Waals surface area contributed by atoms with E-state index in [0.717, 1.165) is 43.1 Å². The van der Waals surface area contributed by atoms with Gasteiger partial charge in [-0.25, -0.2) is 9.59 Å². The predicted molar refractivity (Wildman–Crippen MR) is 124 cm³/mol. The smallest absolute Gasteiger partial charge is 0.337 e. The Labute approximate surface area is 191 Å². The lowest BCUT2D eigenvalue weighted by Gasteiger charge is -2.24. The number of ether oxygens (including phenoxy) is 2. The van der Waals surface area contributed by atoms with Gasteiger partial charge < -0.3 is 25.0 Å². The van der Waals surface area contributed by atoms with Crippen LogP contribution in [0.15, 0.2) is 54.6 Å². The second-order valence-corrected chi connectivity index (χ2v) is 7.91. The summed E-state index contributed by atoms with van der Waals surface area (Å²) < 4.78 is 11.6. The van der Waals surface area contributed by atoms with Gasteiger partial charge in [-0.2, -0.15) is 0 Å². The number of anilines is 2. The van der Waals surface area contributed by atoms with Gasteiger partial charge in [-0.1, -0.05) is 31.5 Å². The van der Waals surface area contributed by atoms with Gasteiger partial charge in [0.05, 0.1) is 29.1 Å². The molecule has 0 saturated heterocycles. The molecule has 0 saturated carbocycles. The molecule has 0 bridgehead atoms. The zero-order valence-corrected chi connectivity index (χ0v) is 18.3. The third kappa shape index (κ3) is 5.09. The van der Waals surface area contributed by atoms with Crippen LogP contribution in [0, 0.1) is 0 Å². The van der Waals surface area contributed by atoms with Crippen LogP contribution in [0.25, 0.3) is 0 Å². The molecule has 1 aliphatic heterocycles. The number of carboxylic acids is 2. The number of aromatic carboxylic acids is 2. The molecule has 1 aliphatic rings. The van der Waals surface area contributed by atoms with Crippen molar-refractivity contribution < 1.29 is 29.3 Å². The average Bonchev–Trinajstić information content (AvgIpc) is 2.81. The number of hydrogen-bond donors (Lipinski definition) is 3. The van der Waals surface area contributed by atoms with Crippen molar-refractivity contribution in [2.45, 2.75) is 32.6 Å². The highest BCUT2D eigenvalue weighted by molar-refractivity contribution is 6.02. The predicted octanol–water partition coefficient (Wildman–Crippen LogP) is 5.90. The molecule has 7 nitrogen and oxygen atoms in total. The monoisotopic (exact) mass is 447 g/mol. The molecule has 0 radical (unpaired) electrons. The molecule has 3 aromatic rings. The molecule has 0 unspecified atom stereocenters. The summed E-state index contributed by atoms with van der Waals surface area (Å²) in [7, 11) is 0. The lowest BCUT2D eigenvalue weighted by atomic mass is 10.0. The highest BCUT2D eigenvalue weighted by Gasteiger charge is 2.25. The van der Waals surface area contributed by atoms with Gasteiger partial charge in [0.25, 0.3) is 0 Å². The highest BCUT2D eigenvalue weighted by atomic mass is 16.5. The second-order valence-electron chi connectivity index (χ2n) is 7.91. The fourth-order valence-electron chi connectivity index (χ4n) is 3.70. The van der Waals surface area contributed by atoms with Gasteiger partial charge in [-0.05, 0) is 66.8 Å². The number of fused-ring (bicyclic) bond motifs is 2. The molecule has 3 N–H and O–H groups in total. The van der Waals surface area contributed by atoms with E-state index in [1.165, 1.54) is 11.6 Å². The lowest BCUT2D eigenvalue weighted by Crippen LogP contribution is -2.11. The first-order valence-corrected chi connectivity index (χ1v) is 10.9. The first-order valence-electron chi connectivity index (χ1n) is 10.9. The standard InChI is InChI=1S/C26H25NO6/c1-2-3-11-32-19-6-4-5-16(12-19)7-8-17-9-10-22-21(13-17)27-24-20(26(30)31)14-18(25(28)29)15-23(24)33-22/h4-6,9-10,12-15,27H,2-3,7-8,11H2,1H3,(H,28,29)(H,30,31). The van der Waals surface area contributed by atoms with Crippen molar-refractivity contribution in [3.8, 4) is 17.2 Å². The summed E-state index contributed by atoms with van der Waals surface area (Å²) in [5.41, 5.74) is 2.82. The zero-order valence-electron chi connectivity index (χ0n) is 18.3. The van der Waals surface area contributed by atoms with Gasteiger partial charge in [-0.15, -0.1) is 0 Å². The van der Waals surface area contributed by atoms with Gasteiger partial charge in [0.1, 0.15) is 5.75 Å². The van der Waals surface area contributed by atoms with E-state index in [0.29, 0.717) is 18.0 Å². The minimum Gasteiger partial charge on any atom is -0.494 e. The van der Waals surface area contributed by atoms with Gasteiger partial charge in [0.15, 0.2) is 11.5 Å². The Morgan fingerprint density at radius 3 is 2.45 bits per heavy atom. The number of unbranched alkanes of at least 4 members (excludes halogenated alkanes) is 1. The molecule has 0 fully saturated rings. The maximum atomic E-state index is 11.7. The maximum Gasteiger partial charge on any atom is 0.337 e. The lowest BCUT2D eigenvalue weighted by molar-refractivity contribution is 0.0696. The number of carboxylic acid groups (broad SMARTS) is 2. The van der Waals surface area contributed by atoms with Crippen LogP contribution in [0.1, 0.15) is 51.6 Å². The van der Waals surface area contributed by atoms with Crippen molar-refractivity contribution in [2.75, 3.05) is 11.9 Å². The molecule has 3 aromatic carbocycles. The molecule has 0 aliphatic carbocycles. The molecule has 0 spiro atoms. The van der Waals surface area contributed by atoms with Crippen molar-refractivity contribution in [3.05, 3.63) is 76.9 Å². The van der Waals surface area contributed by atoms with E-state index in [2.05, 4.69) is 24.4 Å². The van der Waals surface area contributed by atoms with Crippen molar-refractivity contribution in [3.63, 3.8) is 0 Å². The second kappa shape index (κ2) is 9.65. The molecular weight excluding hydrogens is 422 g/mol. The Balaban J connectivity index is 1.50. The third-order valence-corrected chi connectivity index (χ3v) is 5.47. The fraction of sp³-hybridized carbons (Fsp3) is 0.231. The van der Waals surface area contributed by atoms with E-state index in [4.69, 9.17) is 9.47 Å². The minimum atomic E-state index is -1.23. The summed E-state index contributed by atoms with van der Waals surface area (Å²) in [6.07, 6.45) is 3.72. The van der Waals surface area contributed by atoms with E-state index in [1.54, 1.807) is 6.07 Å². The van der Waals surface area contributed by atoms with Crippen LogP contribution in [-0.2, 0) is 12.8 Å². The molecule has 0 amide bonds. The minimum absolute atomic E-state index is 0.145. The zero-order chi connectivity index (χ0) is 23.4. The maximum absolute atomic E-state index is 11.7. The van der Waals surface area contributed by atoms with E-state index in [-0.39, 0.29) is 22.6 Å².